The summed E-state index contributed by atoms with van der Waals surface area (Å²) in [5, 5.41) is 0. The van der Waals surface area contributed by atoms with Crippen molar-refractivity contribution in [2.24, 2.45) is 0 Å². The number of likely N-dealkylation sites (N-methyl/N-ethyl adjacent to an activating group) is 1. The van der Waals surface area contributed by atoms with E-state index < -0.39 is 0 Å². The molecule has 0 bridgehead atoms. The van der Waals surface area contributed by atoms with Gasteiger partial charge in [0.15, 0.2) is 0 Å². The van der Waals surface area contributed by atoms with Crippen LogP contribution >= 0.6 is 0 Å². The molecule has 5 heteroatoms. The van der Waals surface area contributed by atoms with Crippen LogP contribution in [0.2, 0.25) is 0 Å². The van der Waals surface area contributed by atoms with E-state index >= 15 is 0 Å². The van der Waals surface area contributed by atoms with Gasteiger partial charge in [-0.15, -0.1) is 0 Å². The number of ether oxygens (including phenoxy) is 1. The average Bonchev–Trinajstić information content (AvgIpc) is 2.47. The van der Waals surface area contributed by atoms with E-state index in [1.165, 1.54) is 11.8 Å². The molecule has 0 saturated carbocycles. The van der Waals surface area contributed by atoms with Crippen LogP contribution in [-0.2, 0) is 9.59 Å². The SMILES string of the molecule is CCOc1ccc(N(CC(=O)N(CC)CC)C(C)=O)cc1. The van der Waals surface area contributed by atoms with Crippen LogP contribution in [0, 0.1) is 0 Å². The average molecular weight is 292 g/mol. The molecule has 1 aromatic rings. The Morgan fingerprint density at radius 1 is 1.05 bits per heavy atom. The van der Waals surface area contributed by atoms with Crippen LogP contribution in [0.5, 0.6) is 5.75 Å². The summed E-state index contributed by atoms with van der Waals surface area (Å²) in [5.41, 5.74) is 0.700. The summed E-state index contributed by atoms with van der Waals surface area (Å²) >= 11 is 0. The zero-order chi connectivity index (χ0) is 15.8. The van der Waals surface area contributed by atoms with E-state index in [2.05, 4.69) is 0 Å². The summed E-state index contributed by atoms with van der Waals surface area (Å²) in [5.74, 6) is 0.545. The molecule has 0 aromatic heterocycles. The Kier molecular flexibility index (Phi) is 6.72. The third kappa shape index (κ3) is 4.77. The van der Waals surface area contributed by atoms with Gasteiger partial charge in [-0.25, -0.2) is 0 Å². The molecule has 0 fully saturated rings. The molecule has 5 nitrogen and oxygen atoms in total. The Bertz CT molecular complexity index is 467. The molecule has 0 heterocycles. The summed E-state index contributed by atoms with van der Waals surface area (Å²) in [6, 6.07) is 7.19. The zero-order valence-corrected chi connectivity index (χ0v) is 13.3. The summed E-state index contributed by atoms with van der Waals surface area (Å²) in [4.78, 5) is 27.2. The van der Waals surface area contributed by atoms with E-state index in [9.17, 15) is 9.59 Å². The maximum Gasteiger partial charge on any atom is 0.242 e. The molecule has 0 spiro atoms. The third-order valence-electron chi connectivity index (χ3n) is 3.25. The first-order chi connectivity index (χ1) is 10.0. The first-order valence-corrected chi connectivity index (χ1v) is 7.32. The van der Waals surface area contributed by atoms with Gasteiger partial charge < -0.3 is 14.5 Å². The second-order valence-corrected chi connectivity index (χ2v) is 4.60. The molecule has 116 valence electrons. The predicted molar refractivity (Wildman–Crippen MR) is 83.6 cm³/mol. The number of carbonyl (C=O) groups is 2. The number of hydrogen-bond donors (Lipinski definition) is 0. The Hall–Kier alpha value is -2.04. The molecule has 0 aliphatic heterocycles. The Balaban J connectivity index is 2.86. The second-order valence-electron chi connectivity index (χ2n) is 4.60. The van der Waals surface area contributed by atoms with Gasteiger partial charge in [0.1, 0.15) is 12.3 Å². The van der Waals surface area contributed by atoms with E-state index in [-0.39, 0.29) is 18.4 Å². The zero-order valence-electron chi connectivity index (χ0n) is 13.3. The second kappa shape index (κ2) is 8.29. The minimum Gasteiger partial charge on any atom is -0.494 e. The van der Waals surface area contributed by atoms with Crippen molar-refractivity contribution in [1.82, 2.24) is 4.90 Å². The molecule has 0 radical (unpaired) electrons. The van der Waals surface area contributed by atoms with Crippen molar-refractivity contribution in [2.75, 3.05) is 31.1 Å². The lowest BCUT2D eigenvalue weighted by atomic mass is 10.2. The standard InChI is InChI=1S/C16H24N2O3/c1-5-17(6-2)16(20)12-18(13(4)19)14-8-10-15(11-9-14)21-7-3/h8-11H,5-7,12H2,1-4H3. The normalized spacial score (nSPS) is 10.1. The molecular formula is C16H24N2O3. The lowest BCUT2D eigenvalue weighted by molar-refractivity contribution is -0.130. The molecule has 1 rings (SSSR count). The lowest BCUT2D eigenvalue weighted by Crippen LogP contribution is -2.42. The number of anilines is 1. The van der Waals surface area contributed by atoms with Gasteiger partial charge in [-0.3, -0.25) is 9.59 Å². The number of nitrogens with zero attached hydrogens (tertiary/aromatic N) is 2. The maximum absolute atomic E-state index is 12.2. The summed E-state index contributed by atoms with van der Waals surface area (Å²) < 4.78 is 5.38. The van der Waals surface area contributed by atoms with Gasteiger partial charge in [0.2, 0.25) is 11.8 Å². The van der Waals surface area contributed by atoms with Crippen molar-refractivity contribution < 1.29 is 14.3 Å². The molecule has 0 atom stereocenters. The fourth-order valence-corrected chi connectivity index (χ4v) is 2.08. The van der Waals surface area contributed by atoms with Crippen LogP contribution in [0.3, 0.4) is 0 Å². The first kappa shape index (κ1) is 17.0. The molecule has 1 aromatic carbocycles. The van der Waals surface area contributed by atoms with Gasteiger partial charge in [-0.05, 0) is 45.0 Å². The number of rotatable bonds is 7. The lowest BCUT2D eigenvalue weighted by Gasteiger charge is -2.25. The van der Waals surface area contributed by atoms with Gasteiger partial charge >= 0.3 is 0 Å². The van der Waals surface area contributed by atoms with E-state index in [4.69, 9.17) is 4.74 Å². The Morgan fingerprint density at radius 2 is 1.62 bits per heavy atom. The van der Waals surface area contributed by atoms with E-state index in [0.29, 0.717) is 25.4 Å². The summed E-state index contributed by atoms with van der Waals surface area (Å²) in [6.45, 7) is 9.17. The minimum absolute atomic E-state index is 0.0518. The van der Waals surface area contributed by atoms with Crippen molar-refractivity contribution >= 4 is 17.5 Å². The van der Waals surface area contributed by atoms with Gasteiger partial charge in [-0.1, -0.05) is 0 Å². The highest BCUT2D eigenvalue weighted by Crippen LogP contribution is 2.19. The van der Waals surface area contributed by atoms with Crippen molar-refractivity contribution in [3.63, 3.8) is 0 Å². The number of carbonyl (C=O) groups excluding carboxylic acids is 2. The van der Waals surface area contributed by atoms with Gasteiger partial charge in [-0.2, -0.15) is 0 Å². The first-order valence-electron chi connectivity index (χ1n) is 7.32. The maximum atomic E-state index is 12.2. The third-order valence-corrected chi connectivity index (χ3v) is 3.25. The smallest absolute Gasteiger partial charge is 0.242 e. The largest absolute Gasteiger partial charge is 0.494 e. The molecular weight excluding hydrogens is 268 g/mol. The summed E-state index contributed by atoms with van der Waals surface area (Å²) in [7, 11) is 0. The van der Waals surface area contributed by atoms with Gasteiger partial charge in [0.25, 0.3) is 0 Å². The van der Waals surface area contributed by atoms with Crippen molar-refractivity contribution in [1.29, 1.82) is 0 Å². The van der Waals surface area contributed by atoms with Crippen molar-refractivity contribution in [3.8, 4) is 5.75 Å². The van der Waals surface area contributed by atoms with Crippen molar-refractivity contribution in [3.05, 3.63) is 24.3 Å². The Morgan fingerprint density at radius 3 is 2.05 bits per heavy atom. The molecule has 2 amide bonds. The predicted octanol–water partition coefficient (Wildman–Crippen LogP) is 2.31. The minimum atomic E-state index is -0.153. The Labute approximate surface area is 126 Å². The van der Waals surface area contributed by atoms with Crippen LogP contribution in [0.25, 0.3) is 0 Å². The van der Waals surface area contributed by atoms with Gasteiger partial charge in [0, 0.05) is 25.7 Å². The fourth-order valence-electron chi connectivity index (χ4n) is 2.08. The molecule has 0 N–H and O–H groups in total. The van der Waals surface area contributed by atoms with Crippen molar-refractivity contribution in [2.45, 2.75) is 27.7 Å². The molecule has 0 unspecified atom stereocenters. The van der Waals surface area contributed by atoms with Crippen LogP contribution in [0.4, 0.5) is 5.69 Å². The van der Waals surface area contributed by atoms with Crippen LogP contribution in [0.15, 0.2) is 24.3 Å². The fraction of sp³-hybridized carbons (Fsp3) is 0.500. The summed E-state index contributed by atoms with van der Waals surface area (Å²) in [6.07, 6.45) is 0. The quantitative estimate of drug-likeness (QED) is 0.775. The van der Waals surface area contributed by atoms with Gasteiger partial charge in [0.05, 0.1) is 6.61 Å². The van der Waals surface area contributed by atoms with Crippen LogP contribution in [0.1, 0.15) is 27.7 Å². The van der Waals surface area contributed by atoms with E-state index in [1.807, 2.05) is 20.8 Å². The molecule has 21 heavy (non-hydrogen) atoms. The topological polar surface area (TPSA) is 49.9 Å². The highest BCUT2D eigenvalue weighted by atomic mass is 16.5. The molecule has 0 saturated heterocycles. The monoisotopic (exact) mass is 292 g/mol. The molecule has 0 aliphatic carbocycles. The number of hydrogen-bond acceptors (Lipinski definition) is 3. The number of benzene rings is 1. The highest BCUT2D eigenvalue weighted by molar-refractivity contribution is 5.97. The highest BCUT2D eigenvalue weighted by Gasteiger charge is 2.18. The van der Waals surface area contributed by atoms with Crippen LogP contribution in [-0.4, -0.2) is 43.0 Å². The van der Waals surface area contributed by atoms with E-state index in [1.54, 1.807) is 29.2 Å². The number of amides is 2. The van der Waals surface area contributed by atoms with Crippen LogP contribution < -0.4 is 9.64 Å². The van der Waals surface area contributed by atoms with E-state index in [0.717, 1.165) is 5.75 Å². The molecule has 0 aliphatic rings.